The second kappa shape index (κ2) is 7.38. The molecule has 2 amide bonds. The van der Waals surface area contributed by atoms with Crippen molar-refractivity contribution in [2.24, 2.45) is 5.73 Å². The number of benzene rings is 1. The number of aromatic nitrogens is 2. The Labute approximate surface area is 167 Å². The molecule has 1 aromatic carbocycles. The summed E-state index contributed by atoms with van der Waals surface area (Å²) in [5.74, 6) is -0.0667. The number of carbonyl (C=O) groups is 2. The summed E-state index contributed by atoms with van der Waals surface area (Å²) in [5, 5.41) is 0.917. The molecule has 8 nitrogen and oxygen atoms in total. The van der Waals surface area contributed by atoms with E-state index in [0.29, 0.717) is 48.6 Å². The third-order valence-electron chi connectivity index (χ3n) is 5.22. The minimum Gasteiger partial charge on any atom is -0.365 e. The number of rotatable bonds is 3. The first kappa shape index (κ1) is 18.7. The maximum atomic E-state index is 13.0. The predicted octanol–water partition coefficient (Wildman–Crippen LogP) is 1.29. The molecular weight excluding hydrogens is 370 g/mol. The maximum Gasteiger partial charge on any atom is 0.254 e. The third-order valence-corrected chi connectivity index (χ3v) is 5.22. The van der Waals surface area contributed by atoms with Crippen LogP contribution >= 0.6 is 0 Å². The van der Waals surface area contributed by atoms with Crippen molar-refractivity contribution in [3.63, 3.8) is 0 Å². The molecule has 1 fully saturated rings. The van der Waals surface area contributed by atoms with E-state index in [-0.39, 0.29) is 11.5 Å². The second-order valence-corrected chi connectivity index (χ2v) is 7.10. The molecule has 4 rings (SSSR count). The van der Waals surface area contributed by atoms with Gasteiger partial charge in [0.2, 0.25) is 5.56 Å². The lowest BCUT2D eigenvalue weighted by Crippen LogP contribution is -2.49. The average Bonchev–Trinajstić information content (AvgIpc) is 2.72. The second-order valence-electron chi connectivity index (χ2n) is 7.10. The van der Waals surface area contributed by atoms with Crippen molar-refractivity contribution in [3.8, 4) is 0 Å². The summed E-state index contributed by atoms with van der Waals surface area (Å²) in [6, 6.07) is 10.2. The van der Waals surface area contributed by atoms with Gasteiger partial charge < -0.3 is 20.5 Å². The van der Waals surface area contributed by atoms with Crippen LogP contribution in [-0.4, -0.2) is 52.9 Å². The number of hydrogen-bond acceptors (Lipinski definition) is 5. The number of amides is 2. The highest BCUT2D eigenvalue weighted by atomic mass is 16.2. The van der Waals surface area contributed by atoms with Gasteiger partial charge in [-0.3, -0.25) is 14.4 Å². The first-order chi connectivity index (χ1) is 13.9. The van der Waals surface area contributed by atoms with Crippen LogP contribution in [0.1, 0.15) is 26.3 Å². The van der Waals surface area contributed by atoms with Gasteiger partial charge in [-0.05, 0) is 36.8 Å². The van der Waals surface area contributed by atoms with Gasteiger partial charge >= 0.3 is 0 Å². The molecule has 3 heterocycles. The van der Waals surface area contributed by atoms with E-state index in [2.05, 4.69) is 9.97 Å². The summed E-state index contributed by atoms with van der Waals surface area (Å²) in [6.07, 6.45) is 1.62. The van der Waals surface area contributed by atoms with E-state index < -0.39 is 5.91 Å². The van der Waals surface area contributed by atoms with Crippen molar-refractivity contribution in [1.82, 2.24) is 14.9 Å². The van der Waals surface area contributed by atoms with E-state index in [4.69, 9.17) is 5.73 Å². The number of H-pyrrole nitrogens is 1. The number of carbonyl (C=O) groups excluding carboxylic acids is 2. The van der Waals surface area contributed by atoms with Gasteiger partial charge in [0.1, 0.15) is 5.82 Å². The lowest BCUT2D eigenvalue weighted by atomic mass is 10.1. The van der Waals surface area contributed by atoms with Crippen molar-refractivity contribution >= 4 is 28.5 Å². The van der Waals surface area contributed by atoms with Crippen LogP contribution in [0.3, 0.4) is 0 Å². The third kappa shape index (κ3) is 3.56. The van der Waals surface area contributed by atoms with Crippen molar-refractivity contribution in [2.75, 3.05) is 31.1 Å². The van der Waals surface area contributed by atoms with Crippen LogP contribution in [-0.2, 0) is 0 Å². The SMILES string of the molecule is Cc1cc(=O)[nH]c2cc(C(=O)N3CCN(c4ncccc4C(N)=O)CC3)ccc12. The number of nitrogens with zero attached hydrogens (tertiary/aromatic N) is 3. The molecule has 1 saturated heterocycles. The number of piperazine rings is 1. The van der Waals surface area contributed by atoms with Gasteiger partial charge in [0.25, 0.3) is 11.8 Å². The lowest BCUT2D eigenvalue weighted by molar-refractivity contribution is 0.0746. The van der Waals surface area contributed by atoms with Crippen LogP contribution in [0.15, 0.2) is 47.4 Å². The number of pyridine rings is 2. The molecular formula is C21H21N5O3. The molecule has 29 heavy (non-hydrogen) atoms. The topological polar surface area (TPSA) is 112 Å². The lowest BCUT2D eigenvalue weighted by Gasteiger charge is -2.36. The molecule has 3 aromatic rings. The summed E-state index contributed by atoms with van der Waals surface area (Å²) < 4.78 is 0. The van der Waals surface area contributed by atoms with Gasteiger partial charge in [-0.1, -0.05) is 6.07 Å². The number of hydrogen-bond donors (Lipinski definition) is 2. The number of primary amides is 1. The van der Waals surface area contributed by atoms with Crippen LogP contribution in [0.2, 0.25) is 0 Å². The number of nitrogens with one attached hydrogen (secondary N) is 1. The van der Waals surface area contributed by atoms with Crippen LogP contribution < -0.4 is 16.2 Å². The van der Waals surface area contributed by atoms with E-state index >= 15 is 0 Å². The van der Waals surface area contributed by atoms with E-state index in [0.717, 1.165) is 10.9 Å². The van der Waals surface area contributed by atoms with Crippen LogP contribution in [0.4, 0.5) is 5.82 Å². The largest absolute Gasteiger partial charge is 0.365 e. The van der Waals surface area contributed by atoms with Crippen LogP contribution in [0, 0.1) is 6.92 Å². The average molecular weight is 391 g/mol. The number of nitrogens with two attached hydrogens (primary N) is 1. The molecule has 1 aliphatic heterocycles. The van der Waals surface area contributed by atoms with E-state index in [1.165, 1.54) is 0 Å². The van der Waals surface area contributed by atoms with Crippen molar-refractivity contribution < 1.29 is 9.59 Å². The molecule has 148 valence electrons. The standard InChI is InChI=1S/C21H21N5O3/c1-13-11-18(27)24-17-12-14(4-5-15(13)17)21(29)26-9-7-25(8-10-26)20-16(19(22)28)3-2-6-23-20/h2-6,11-12H,7-10H2,1H3,(H2,22,28)(H,24,27). The van der Waals surface area contributed by atoms with E-state index in [1.807, 2.05) is 17.9 Å². The molecule has 0 bridgehead atoms. The fourth-order valence-corrected chi connectivity index (χ4v) is 3.71. The van der Waals surface area contributed by atoms with Crippen molar-refractivity contribution in [2.45, 2.75) is 6.92 Å². The Morgan fingerprint density at radius 1 is 1.10 bits per heavy atom. The Morgan fingerprint density at radius 3 is 2.59 bits per heavy atom. The first-order valence-corrected chi connectivity index (χ1v) is 9.37. The summed E-state index contributed by atoms with van der Waals surface area (Å²) >= 11 is 0. The smallest absolute Gasteiger partial charge is 0.254 e. The molecule has 3 N–H and O–H groups in total. The maximum absolute atomic E-state index is 13.0. The highest BCUT2D eigenvalue weighted by Crippen LogP contribution is 2.21. The van der Waals surface area contributed by atoms with Gasteiger partial charge in [0.15, 0.2) is 0 Å². The van der Waals surface area contributed by atoms with Crippen LogP contribution in [0.25, 0.3) is 10.9 Å². The quantitative estimate of drug-likeness (QED) is 0.699. The molecule has 0 aliphatic carbocycles. The fraction of sp³-hybridized carbons (Fsp3) is 0.238. The Balaban J connectivity index is 1.52. The van der Waals surface area contributed by atoms with Gasteiger partial charge in [0.05, 0.1) is 5.56 Å². The molecule has 2 aromatic heterocycles. The minimum absolute atomic E-state index is 0.0925. The molecule has 8 heteroatoms. The zero-order chi connectivity index (χ0) is 20.5. The summed E-state index contributed by atoms with van der Waals surface area (Å²) in [7, 11) is 0. The minimum atomic E-state index is -0.521. The number of aromatic amines is 1. The van der Waals surface area contributed by atoms with E-state index in [1.54, 1.807) is 41.4 Å². The first-order valence-electron chi connectivity index (χ1n) is 9.37. The monoisotopic (exact) mass is 391 g/mol. The Hall–Kier alpha value is -3.68. The van der Waals surface area contributed by atoms with Crippen LogP contribution in [0.5, 0.6) is 0 Å². The molecule has 0 unspecified atom stereocenters. The molecule has 0 spiro atoms. The zero-order valence-electron chi connectivity index (χ0n) is 16.0. The molecule has 0 radical (unpaired) electrons. The highest BCUT2D eigenvalue weighted by Gasteiger charge is 2.25. The van der Waals surface area contributed by atoms with Gasteiger partial charge in [-0.15, -0.1) is 0 Å². The highest BCUT2D eigenvalue weighted by molar-refractivity contribution is 5.99. The normalized spacial score (nSPS) is 14.2. The number of anilines is 1. The van der Waals surface area contributed by atoms with E-state index in [9.17, 15) is 14.4 Å². The summed E-state index contributed by atoms with van der Waals surface area (Å²) in [6.45, 7) is 3.96. The number of fused-ring (bicyclic) bond motifs is 1. The van der Waals surface area contributed by atoms with Gasteiger partial charge in [-0.2, -0.15) is 0 Å². The van der Waals surface area contributed by atoms with Crippen molar-refractivity contribution in [3.05, 3.63) is 69.6 Å². The van der Waals surface area contributed by atoms with Gasteiger partial charge in [0, 0.05) is 54.9 Å². The van der Waals surface area contributed by atoms with Gasteiger partial charge in [-0.25, -0.2) is 4.98 Å². The fourth-order valence-electron chi connectivity index (χ4n) is 3.71. The molecule has 0 atom stereocenters. The summed E-state index contributed by atoms with van der Waals surface area (Å²) in [4.78, 5) is 47.1. The Morgan fingerprint density at radius 2 is 1.86 bits per heavy atom. The summed E-state index contributed by atoms with van der Waals surface area (Å²) in [5.41, 5.74) is 7.69. The molecule has 1 aliphatic rings. The zero-order valence-corrected chi connectivity index (χ0v) is 16.0. The molecule has 0 saturated carbocycles. The van der Waals surface area contributed by atoms with Crippen molar-refractivity contribution in [1.29, 1.82) is 0 Å². The Kier molecular flexibility index (Phi) is 4.75. The predicted molar refractivity (Wildman–Crippen MR) is 110 cm³/mol. The Bertz CT molecular complexity index is 1160. The number of aryl methyl sites for hydroxylation is 1.